The van der Waals surface area contributed by atoms with E-state index >= 15 is 0 Å². The Balaban J connectivity index is 3.07. The first kappa shape index (κ1) is 12.2. The quantitative estimate of drug-likeness (QED) is 0.336. The average Bonchev–Trinajstić information content (AvgIpc) is 2.16. The maximum absolute atomic E-state index is 3.48. The molecule has 0 rings (SSSR count). The lowest BCUT2D eigenvalue weighted by Crippen LogP contribution is -2.16. The largest absolute Gasteiger partial charge is 0.313 e. The molecule has 0 saturated heterocycles. The minimum atomic E-state index is 0.843. The second-order valence-electron chi connectivity index (χ2n) is 2.74. The second-order valence-corrected chi connectivity index (χ2v) is 2.74. The molecule has 0 amide bonds. The number of hydrogen-bond donors (Lipinski definition) is 2. The van der Waals surface area contributed by atoms with E-state index in [1.807, 2.05) is 6.08 Å². The van der Waals surface area contributed by atoms with Crippen LogP contribution in [0.4, 0.5) is 0 Å². The molecule has 13 heavy (non-hydrogen) atoms. The van der Waals surface area contributed by atoms with Crippen molar-refractivity contribution >= 4 is 0 Å². The highest BCUT2D eigenvalue weighted by Crippen LogP contribution is 1.72. The Hall–Kier alpha value is -0.820. The van der Waals surface area contributed by atoms with Gasteiger partial charge in [-0.05, 0) is 19.0 Å². The van der Waals surface area contributed by atoms with Crippen molar-refractivity contribution in [3.8, 4) is 0 Å². The molecule has 0 heterocycles. The minimum Gasteiger partial charge on any atom is -0.313 e. The summed E-state index contributed by atoms with van der Waals surface area (Å²) >= 11 is 0. The molecule has 0 spiro atoms. The summed E-state index contributed by atoms with van der Waals surface area (Å²) in [7, 11) is 0. The SMILES string of the molecule is C=C=CCNCC=CCNCCC. The van der Waals surface area contributed by atoms with Crippen molar-refractivity contribution in [1.29, 1.82) is 0 Å². The molecule has 2 heteroatoms. The van der Waals surface area contributed by atoms with Crippen molar-refractivity contribution in [2.45, 2.75) is 13.3 Å². The van der Waals surface area contributed by atoms with Gasteiger partial charge in [-0.2, -0.15) is 0 Å². The second kappa shape index (κ2) is 11.2. The normalized spacial score (nSPS) is 10.2. The maximum Gasteiger partial charge on any atom is 0.0212 e. The predicted octanol–water partition coefficient (Wildman–Crippen LogP) is 1.47. The molecule has 2 nitrogen and oxygen atoms in total. The molecule has 0 fully saturated rings. The van der Waals surface area contributed by atoms with E-state index in [0.29, 0.717) is 0 Å². The van der Waals surface area contributed by atoms with Crippen molar-refractivity contribution in [2.24, 2.45) is 0 Å². The van der Waals surface area contributed by atoms with Crippen LogP contribution in [-0.2, 0) is 0 Å². The molecule has 0 unspecified atom stereocenters. The van der Waals surface area contributed by atoms with Gasteiger partial charge in [-0.1, -0.05) is 25.7 Å². The first-order chi connectivity index (χ1) is 6.41. The summed E-state index contributed by atoms with van der Waals surface area (Å²) in [4.78, 5) is 0. The lowest BCUT2D eigenvalue weighted by Gasteiger charge is -1.96. The van der Waals surface area contributed by atoms with E-state index in [1.54, 1.807) is 0 Å². The van der Waals surface area contributed by atoms with Crippen LogP contribution in [0, 0.1) is 0 Å². The highest BCUT2D eigenvalue weighted by Gasteiger charge is 1.79. The Kier molecular flexibility index (Phi) is 10.5. The van der Waals surface area contributed by atoms with Gasteiger partial charge in [0.2, 0.25) is 0 Å². The molecule has 0 aromatic rings. The van der Waals surface area contributed by atoms with E-state index in [0.717, 1.165) is 26.2 Å². The monoisotopic (exact) mass is 180 g/mol. The van der Waals surface area contributed by atoms with Gasteiger partial charge >= 0.3 is 0 Å². The van der Waals surface area contributed by atoms with Crippen molar-refractivity contribution < 1.29 is 0 Å². The first-order valence-corrected chi connectivity index (χ1v) is 4.82. The van der Waals surface area contributed by atoms with Crippen molar-refractivity contribution in [3.63, 3.8) is 0 Å². The fourth-order valence-electron chi connectivity index (χ4n) is 0.840. The van der Waals surface area contributed by atoms with Crippen LogP contribution in [0.5, 0.6) is 0 Å². The van der Waals surface area contributed by atoms with Crippen LogP contribution in [-0.4, -0.2) is 26.2 Å². The Bertz CT molecular complexity index is 167. The molecular weight excluding hydrogens is 160 g/mol. The molecule has 0 aliphatic heterocycles. The molecule has 0 bridgehead atoms. The van der Waals surface area contributed by atoms with Gasteiger partial charge in [0.1, 0.15) is 0 Å². The van der Waals surface area contributed by atoms with Gasteiger partial charge in [0.15, 0.2) is 0 Å². The molecule has 0 saturated carbocycles. The maximum atomic E-state index is 3.48. The molecule has 74 valence electrons. The van der Waals surface area contributed by atoms with E-state index in [4.69, 9.17) is 0 Å². The van der Waals surface area contributed by atoms with Crippen LogP contribution in [0.2, 0.25) is 0 Å². The summed E-state index contributed by atoms with van der Waals surface area (Å²) in [5, 5.41) is 6.50. The number of hydrogen-bond acceptors (Lipinski definition) is 2. The molecule has 0 radical (unpaired) electrons. The van der Waals surface area contributed by atoms with Crippen LogP contribution < -0.4 is 10.6 Å². The van der Waals surface area contributed by atoms with Gasteiger partial charge in [-0.25, -0.2) is 0 Å². The van der Waals surface area contributed by atoms with Gasteiger partial charge in [0.25, 0.3) is 0 Å². The Labute approximate surface area is 81.4 Å². The summed E-state index contributed by atoms with van der Waals surface area (Å²) in [5.74, 6) is 0. The van der Waals surface area contributed by atoms with E-state index in [2.05, 4.69) is 42.0 Å². The summed E-state index contributed by atoms with van der Waals surface area (Å²) in [6, 6.07) is 0. The fourth-order valence-corrected chi connectivity index (χ4v) is 0.840. The first-order valence-electron chi connectivity index (χ1n) is 4.82. The Morgan fingerprint density at radius 2 is 1.85 bits per heavy atom. The van der Waals surface area contributed by atoms with Crippen molar-refractivity contribution in [2.75, 3.05) is 26.2 Å². The molecule has 0 aliphatic rings. The molecule has 0 aromatic heterocycles. The lowest BCUT2D eigenvalue weighted by atomic mass is 10.4. The van der Waals surface area contributed by atoms with E-state index < -0.39 is 0 Å². The van der Waals surface area contributed by atoms with E-state index in [1.165, 1.54) is 6.42 Å². The van der Waals surface area contributed by atoms with Crippen LogP contribution in [0.3, 0.4) is 0 Å². The minimum absolute atomic E-state index is 0.843. The lowest BCUT2D eigenvalue weighted by molar-refractivity contribution is 0.727. The summed E-state index contributed by atoms with van der Waals surface area (Å²) in [6.07, 6.45) is 7.33. The van der Waals surface area contributed by atoms with E-state index in [9.17, 15) is 0 Å². The zero-order valence-electron chi connectivity index (χ0n) is 8.47. The van der Waals surface area contributed by atoms with Gasteiger partial charge in [-0.3, -0.25) is 0 Å². The highest BCUT2D eigenvalue weighted by atomic mass is 14.8. The van der Waals surface area contributed by atoms with Crippen molar-refractivity contribution in [3.05, 3.63) is 30.5 Å². The van der Waals surface area contributed by atoms with E-state index in [-0.39, 0.29) is 0 Å². The summed E-state index contributed by atoms with van der Waals surface area (Å²) in [6.45, 7) is 9.46. The standard InChI is InChI=1S/C11H20N2/c1-3-5-9-13-11-7-6-10-12-8-4-2/h5-7,12-13H,1,4,8-11H2,2H3. The third-order valence-electron chi connectivity index (χ3n) is 1.51. The zero-order chi connectivity index (χ0) is 9.78. The Morgan fingerprint density at radius 1 is 1.15 bits per heavy atom. The van der Waals surface area contributed by atoms with Crippen LogP contribution >= 0.6 is 0 Å². The molecule has 0 aliphatic carbocycles. The van der Waals surface area contributed by atoms with Crippen molar-refractivity contribution in [1.82, 2.24) is 10.6 Å². The molecule has 2 N–H and O–H groups in total. The van der Waals surface area contributed by atoms with Crippen LogP contribution in [0.25, 0.3) is 0 Å². The molecule has 0 atom stereocenters. The molecular formula is C11H20N2. The third kappa shape index (κ3) is 11.2. The smallest absolute Gasteiger partial charge is 0.0212 e. The summed E-state index contributed by atoms with van der Waals surface area (Å²) < 4.78 is 0. The third-order valence-corrected chi connectivity index (χ3v) is 1.51. The highest BCUT2D eigenvalue weighted by molar-refractivity contribution is 4.87. The van der Waals surface area contributed by atoms with Gasteiger partial charge in [0, 0.05) is 19.6 Å². The summed E-state index contributed by atoms with van der Waals surface area (Å²) in [5.41, 5.74) is 2.71. The van der Waals surface area contributed by atoms with Gasteiger partial charge in [0.05, 0.1) is 0 Å². The Morgan fingerprint density at radius 3 is 2.46 bits per heavy atom. The topological polar surface area (TPSA) is 24.1 Å². The van der Waals surface area contributed by atoms with Gasteiger partial charge in [-0.15, -0.1) is 5.73 Å². The van der Waals surface area contributed by atoms with Crippen LogP contribution in [0.1, 0.15) is 13.3 Å². The average molecular weight is 180 g/mol. The predicted molar refractivity (Wildman–Crippen MR) is 58.9 cm³/mol. The fraction of sp³-hybridized carbons (Fsp3) is 0.545. The van der Waals surface area contributed by atoms with Gasteiger partial charge < -0.3 is 10.6 Å². The van der Waals surface area contributed by atoms with Crippen LogP contribution in [0.15, 0.2) is 30.5 Å². The number of nitrogens with one attached hydrogen (secondary N) is 2. The number of rotatable bonds is 8. The molecule has 0 aromatic carbocycles. The zero-order valence-corrected chi connectivity index (χ0v) is 8.47.